The van der Waals surface area contributed by atoms with E-state index in [-0.39, 0.29) is 10.7 Å². The molecule has 0 aliphatic carbocycles. The van der Waals surface area contributed by atoms with Crippen LogP contribution in [0.4, 0.5) is 10.1 Å². The van der Waals surface area contributed by atoms with E-state index in [0.29, 0.717) is 6.54 Å². The van der Waals surface area contributed by atoms with Crippen LogP contribution in [0.5, 0.6) is 0 Å². The predicted octanol–water partition coefficient (Wildman–Crippen LogP) is 1.62. The maximum Gasteiger partial charge on any atom is 0.243 e. The maximum atomic E-state index is 13.9. The number of aromatic nitrogens is 2. The molecule has 0 aliphatic rings. The molecule has 1 atom stereocenters. The lowest BCUT2D eigenvalue weighted by Gasteiger charge is -2.15. The van der Waals surface area contributed by atoms with E-state index >= 15 is 0 Å². The highest BCUT2D eigenvalue weighted by atomic mass is 35.5. The molecule has 0 aliphatic heterocycles. The average Bonchev–Trinajstić information content (AvgIpc) is 2.85. The zero-order valence-corrected chi connectivity index (χ0v) is 12.7. The van der Waals surface area contributed by atoms with Crippen LogP contribution in [-0.2, 0) is 16.6 Å². The Kier molecular flexibility index (Phi) is 4.50. The molecule has 6 nitrogen and oxygen atoms in total. The van der Waals surface area contributed by atoms with Gasteiger partial charge in [0.15, 0.2) is 5.82 Å². The number of rotatable bonds is 5. The number of nitrogens with zero attached hydrogens (tertiary/aromatic N) is 2. The van der Waals surface area contributed by atoms with Gasteiger partial charge in [-0.15, -0.1) is 0 Å². The van der Waals surface area contributed by atoms with Crippen molar-refractivity contribution in [2.45, 2.75) is 24.4 Å². The molecule has 0 spiro atoms. The Labute approximate surface area is 126 Å². The van der Waals surface area contributed by atoms with Gasteiger partial charge in [-0.05, 0) is 25.1 Å². The number of nitrogens with two attached hydrogens (primary N) is 1. The van der Waals surface area contributed by atoms with E-state index in [4.69, 9.17) is 17.3 Å². The average molecular weight is 333 g/mol. The lowest BCUT2D eigenvalue weighted by atomic mass is 10.3. The maximum absolute atomic E-state index is 13.9. The van der Waals surface area contributed by atoms with Crippen molar-refractivity contribution >= 4 is 27.3 Å². The zero-order chi connectivity index (χ0) is 15.6. The van der Waals surface area contributed by atoms with Crippen LogP contribution in [-0.4, -0.2) is 24.2 Å². The fourth-order valence-electron chi connectivity index (χ4n) is 1.83. The van der Waals surface area contributed by atoms with Crippen molar-refractivity contribution in [2.75, 3.05) is 5.73 Å². The second kappa shape index (κ2) is 6.00. The third kappa shape index (κ3) is 3.72. The van der Waals surface area contributed by atoms with E-state index in [1.54, 1.807) is 30.1 Å². The van der Waals surface area contributed by atoms with Gasteiger partial charge in [0, 0.05) is 23.5 Å². The van der Waals surface area contributed by atoms with Crippen molar-refractivity contribution in [3.63, 3.8) is 0 Å². The van der Waals surface area contributed by atoms with Crippen molar-refractivity contribution in [1.29, 1.82) is 0 Å². The highest BCUT2D eigenvalue weighted by Crippen LogP contribution is 2.25. The molecular formula is C12H14ClFN4O2S. The van der Waals surface area contributed by atoms with Crippen molar-refractivity contribution in [2.24, 2.45) is 0 Å². The lowest BCUT2D eigenvalue weighted by molar-refractivity contribution is 0.490. The molecule has 1 aromatic heterocycles. The van der Waals surface area contributed by atoms with Gasteiger partial charge in [0.1, 0.15) is 4.90 Å². The number of hydrogen-bond acceptors (Lipinski definition) is 4. The third-order valence-corrected chi connectivity index (χ3v) is 4.51. The molecule has 2 aromatic rings. The second-order valence-corrected chi connectivity index (χ2v) is 6.68. The van der Waals surface area contributed by atoms with Crippen LogP contribution in [0.2, 0.25) is 5.02 Å². The van der Waals surface area contributed by atoms with Gasteiger partial charge in [0.05, 0.1) is 12.2 Å². The van der Waals surface area contributed by atoms with Crippen molar-refractivity contribution in [1.82, 2.24) is 14.5 Å². The van der Waals surface area contributed by atoms with Crippen molar-refractivity contribution in [3.05, 3.63) is 41.4 Å². The van der Waals surface area contributed by atoms with Crippen molar-refractivity contribution < 1.29 is 12.8 Å². The third-order valence-electron chi connectivity index (χ3n) is 2.70. The van der Waals surface area contributed by atoms with E-state index in [2.05, 4.69) is 9.82 Å². The molecular weight excluding hydrogens is 319 g/mol. The summed E-state index contributed by atoms with van der Waals surface area (Å²) in [5, 5.41) is 4.02. The first-order chi connectivity index (χ1) is 9.79. The molecule has 114 valence electrons. The Hall–Kier alpha value is -1.64. The molecule has 9 heteroatoms. The summed E-state index contributed by atoms with van der Waals surface area (Å²) in [4.78, 5) is -0.570. The number of sulfonamides is 1. The minimum Gasteiger partial charge on any atom is -0.396 e. The fraction of sp³-hybridized carbons (Fsp3) is 0.250. The van der Waals surface area contributed by atoms with Gasteiger partial charge in [-0.25, -0.2) is 17.5 Å². The van der Waals surface area contributed by atoms with Gasteiger partial charge in [0.2, 0.25) is 10.0 Å². The van der Waals surface area contributed by atoms with Crippen LogP contribution in [0, 0.1) is 5.82 Å². The van der Waals surface area contributed by atoms with E-state index in [1.807, 2.05) is 0 Å². The van der Waals surface area contributed by atoms with Crippen molar-refractivity contribution in [3.8, 4) is 0 Å². The first kappa shape index (κ1) is 15.7. The number of nitrogen functional groups attached to an aromatic ring is 1. The first-order valence-corrected chi connectivity index (χ1v) is 7.90. The lowest BCUT2D eigenvalue weighted by Crippen LogP contribution is -2.36. The molecule has 0 radical (unpaired) electrons. The smallest absolute Gasteiger partial charge is 0.243 e. The standard InChI is InChI=1S/C12H14ClFN4O2S/c1-8(7-18-4-2-3-16-18)17-21(19,20)11-6-9(13)5-10(15)12(11)14/h2-6,8,17H,7,15H2,1H3. The van der Waals surface area contributed by atoms with E-state index in [0.717, 1.165) is 12.1 Å². The summed E-state index contributed by atoms with van der Waals surface area (Å²) >= 11 is 5.73. The van der Waals surface area contributed by atoms with Gasteiger partial charge >= 0.3 is 0 Å². The molecule has 0 amide bonds. The minimum absolute atomic E-state index is 0.0500. The molecule has 2 rings (SSSR count). The Balaban J connectivity index is 2.22. The van der Waals surface area contributed by atoms with Crippen LogP contribution >= 0.6 is 11.6 Å². The summed E-state index contributed by atoms with van der Waals surface area (Å²) in [7, 11) is -4.07. The highest BCUT2D eigenvalue weighted by molar-refractivity contribution is 7.89. The molecule has 0 saturated carbocycles. The largest absolute Gasteiger partial charge is 0.396 e. The van der Waals surface area contributed by atoms with Crippen LogP contribution in [0.15, 0.2) is 35.5 Å². The number of halogens is 2. The SMILES string of the molecule is CC(Cn1cccn1)NS(=O)(=O)c1cc(Cl)cc(N)c1F. The summed E-state index contributed by atoms with van der Waals surface area (Å²) < 4.78 is 42.2. The monoisotopic (exact) mass is 332 g/mol. The fourth-order valence-corrected chi connectivity index (χ4v) is 3.49. The summed E-state index contributed by atoms with van der Waals surface area (Å²) in [6.45, 7) is 1.95. The number of hydrogen-bond donors (Lipinski definition) is 2. The Bertz CT molecular complexity index is 734. The predicted molar refractivity (Wildman–Crippen MR) is 77.8 cm³/mol. The highest BCUT2D eigenvalue weighted by Gasteiger charge is 2.23. The van der Waals surface area contributed by atoms with Gasteiger partial charge in [-0.2, -0.15) is 5.10 Å². The Morgan fingerprint density at radius 2 is 2.24 bits per heavy atom. The van der Waals surface area contributed by atoms with Crippen LogP contribution in [0.1, 0.15) is 6.92 Å². The van der Waals surface area contributed by atoms with Crippen LogP contribution in [0.3, 0.4) is 0 Å². The summed E-state index contributed by atoms with van der Waals surface area (Å²) in [5.41, 5.74) is 5.08. The molecule has 0 saturated heterocycles. The molecule has 21 heavy (non-hydrogen) atoms. The molecule has 1 aromatic carbocycles. The molecule has 0 bridgehead atoms. The van der Waals surface area contributed by atoms with Gasteiger partial charge < -0.3 is 5.73 Å². The number of anilines is 1. The topological polar surface area (TPSA) is 90.0 Å². The van der Waals surface area contributed by atoms with Crippen LogP contribution in [0.25, 0.3) is 0 Å². The van der Waals surface area contributed by atoms with Gasteiger partial charge in [-0.3, -0.25) is 4.68 Å². The van der Waals surface area contributed by atoms with Gasteiger partial charge in [-0.1, -0.05) is 11.6 Å². The van der Waals surface area contributed by atoms with E-state index < -0.39 is 26.8 Å². The Morgan fingerprint density at radius 3 is 2.86 bits per heavy atom. The minimum atomic E-state index is -4.07. The van der Waals surface area contributed by atoms with Crippen LogP contribution < -0.4 is 10.5 Å². The molecule has 1 heterocycles. The summed E-state index contributed by atoms with van der Waals surface area (Å²) in [6, 6.07) is 3.41. The van der Waals surface area contributed by atoms with Gasteiger partial charge in [0.25, 0.3) is 0 Å². The quantitative estimate of drug-likeness (QED) is 0.814. The second-order valence-electron chi connectivity index (χ2n) is 4.56. The number of benzene rings is 1. The summed E-state index contributed by atoms with van der Waals surface area (Å²) in [5.74, 6) is -1.02. The van der Waals surface area contributed by atoms with E-state index in [9.17, 15) is 12.8 Å². The number of nitrogens with one attached hydrogen (secondary N) is 1. The Morgan fingerprint density at radius 1 is 1.52 bits per heavy atom. The summed E-state index contributed by atoms with van der Waals surface area (Å²) in [6.07, 6.45) is 3.28. The normalized spacial score (nSPS) is 13.3. The molecule has 0 fully saturated rings. The first-order valence-electron chi connectivity index (χ1n) is 6.04. The van der Waals surface area contributed by atoms with E-state index in [1.165, 1.54) is 0 Å². The molecule has 3 N–H and O–H groups in total. The zero-order valence-electron chi connectivity index (χ0n) is 11.1. The molecule has 1 unspecified atom stereocenters.